The minimum absolute atomic E-state index is 0.0191. The lowest BCUT2D eigenvalue weighted by atomic mass is 10.1. The fraction of sp³-hybridized carbons (Fsp3) is 0.111. The molecule has 1 aliphatic rings. The molecule has 0 aromatic heterocycles. The van der Waals surface area contributed by atoms with Gasteiger partial charge in [-0.2, -0.15) is 0 Å². The molecule has 3 rings (SSSR count). The maximum atomic E-state index is 12.5. The first-order valence-corrected chi connectivity index (χ1v) is 9.24. The van der Waals surface area contributed by atoms with Crippen LogP contribution in [0.1, 0.15) is 11.1 Å². The van der Waals surface area contributed by atoms with Crippen LogP contribution in [0.3, 0.4) is 0 Å². The number of ether oxygens (including phenoxy) is 1. The van der Waals surface area contributed by atoms with E-state index in [1.54, 1.807) is 18.2 Å². The third-order valence-corrected chi connectivity index (χ3v) is 5.25. The molecule has 2 aromatic rings. The number of hydrogen-bond acceptors (Lipinski definition) is 5. The van der Waals surface area contributed by atoms with Crippen molar-refractivity contribution in [2.75, 3.05) is 7.11 Å². The van der Waals surface area contributed by atoms with Gasteiger partial charge >= 0.3 is 0 Å². The molecule has 25 heavy (non-hydrogen) atoms. The summed E-state index contributed by atoms with van der Waals surface area (Å²) in [6.07, 6.45) is 1.60. The van der Waals surface area contributed by atoms with Gasteiger partial charge in [-0.15, -0.1) is 0 Å². The third-order valence-electron chi connectivity index (χ3n) is 3.63. The molecule has 0 spiro atoms. The number of carbonyl (C=O) groups excluding carboxylic acids is 2. The van der Waals surface area contributed by atoms with Crippen LogP contribution in [0.4, 0.5) is 4.79 Å². The highest BCUT2D eigenvalue weighted by molar-refractivity contribution is 14.1. The van der Waals surface area contributed by atoms with Crippen LogP contribution in [0, 0.1) is 3.57 Å². The molecule has 7 heteroatoms. The first-order valence-electron chi connectivity index (χ1n) is 7.35. The van der Waals surface area contributed by atoms with Gasteiger partial charge in [0.15, 0.2) is 11.5 Å². The lowest BCUT2D eigenvalue weighted by molar-refractivity contribution is -0.123. The summed E-state index contributed by atoms with van der Waals surface area (Å²) in [5, 5.41) is 9.53. The SMILES string of the molecule is COc1ccc(/C=C2/SC(=O)N(Cc3ccc(I)cc3)C2=O)cc1O. The first-order chi connectivity index (χ1) is 12.0. The smallest absolute Gasteiger partial charge is 0.293 e. The maximum absolute atomic E-state index is 12.5. The van der Waals surface area contributed by atoms with Crippen molar-refractivity contribution in [3.63, 3.8) is 0 Å². The van der Waals surface area contributed by atoms with Crippen LogP contribution in [0.5, 0.6) is 11.5 Å². The highest BCUT2D eigenvalue weighted by Gasteiger charge is 2.34. The Kier molecular flexibility index (Phi) is 5.33. The molecule has 2 amide bonds. The van der Waals surface area contributed by atoms with Crippen molar-refractivity contribution in [2.45, 2.75) is 6.54 Å². The molecule has 1 heterocycles. The van der Waals surface area contributed by atoms with E-state index in [0.29, 0.717) is 16.2 Å². The summed E-state index contributed by atoms with van der Waals surface area (Å²) in [5.41, 5.74) is 1.52. The number of benzene rings is 2. The van der Waals surface area contributed by atoms with Crippen molar-refractivity contribution in [1.82, 2.24) is 4.90 Å². The molecule has 0 aliphatic carbocycles. The number of phenols is 1. The number of rotatable bonds is 4. The van der Waals surface area contributed by atoms with Crippen LogP contribution in [-0.4, -0.2) is 28.3 Å². The van der Waals surface area contributed by atoms with E-state index in [9.17, 15) is 14.7 Å². The van der Waals surface area contributed by atoms with Gasteiger partial charge in [0, 0.05) is 3.57 Å². The van der Waals surface area contributed by atoms with E-state index in [4.69, 9.17) is 4.74 Å². The van der Waals surface area contributed by atoms with Crippen LogP contribution in [0.15, 0.2) is 47.4 Å². The lowest BCUT2D eigenvalue weighted by Gasteiger charge is -2.12. The second-order valence-electron chi connectivity index (χ2n) is 5.33. The number of hydrogen-bond donors (Lipinski definition) is 1. The summed E-state index contributed by atoms with van der Waals surface area (Å²) < 4.78 is 6.09. The Labute approximate surface area is 162 Å². The van der Waals surface area contributed by atoms with Crippen LogP contribution < -0.4 is 4.74 Å². The Bertz CT molecular complexity index is 864. The van der Waals surface area contributed by atoms with Crippen molar-refractivity contribution in [3.8, 4) is 11.5 Å². The van der Waals surface area contributed by atoms with Gasteiger partial charge in [0.25, 0.3) is 11.1 Å². The number of aromatic hydroxyl groups is 1. The summed E-state index contributed by atoms with van der Waals surface area (Å²) in [7, 11) is 1.46. The van der Waals surface area contributed by atoms with E-state index in [2.05, 4.69) is 22.6 Å². The van der Waals surface area contributed by atoms with Gasteiger partial charge in [-0.25, -0.2) is 0 Å². The summed E-state index contributed by atoms with van der Waals surface area (Å²) in [6, 6.07) is 12.5. The highest BCUT2D eigenvalue weighted by atomic mass is 127. The average molecular weight is 467 g/mol. The lowest BCUT2D eigenvalue weighted by Crippen LogP contribution is -2.27. The molecular weight excluding hydrogens is 453 g/mol. The maximum Gasteiger partial charge on any atom is 0.293 e. The van der Waals surface area contributed by atoms with Crippen LogP contribution >= 0.6 is 34.4 Å². The zero-order valence-corrected chi connectivity index (χ0v) is 16.2. The summed E-state index contributed by atoms with van der Waals surface area (Å²) >= 11 is 3.10. The van der Waals surface area contributed by atoms with Gasteiger partial charge in [0.05, 0.1) is 18.6 Å². The standard InChI is InChI=1S/C18H14INO4S/c1-24-15-7-4-12(8-14(15)21)9-16-17(22)20(18(23)25-16)10-11-2-5-13(19)6-3-11/h2-9,21H,10H2,1H3/b16-9+. The van der Waals surface area contributed by atoms with Crippen LogP contribution in [-0.2, 0) is 11.3 Å². The van der Waals surface area contributed by atoms with Crippen molar-refractivity contribution in [1.29, 1.82) is 0 Å². The molecule has 2 aromatic carbocycles. The van der Waals surface area contributed by atoms with Crippen molar-refractivity contribution >= 4 is 51.6 Å². The quantitative estimate of drug-likeness (QED) is 0.539. The van der Waals surface area contributed by atoms with E-state index in [0.717, 1.165) is 20.9 Å². The van der Waals surface area contributed by atoms with E-state index >= 15 is 0 Å². The van der Waals surface area contributed by atoms with E-state index in [1.165, 1.54) is 18.1 Å². The Hall–Kier alpha value is -2.00. The summed E-state index contributed by atoms with van der Waals surface area (Å²) in [5.74, 6) is 0.00203. The second kappa shape index (κ2) is 7.49. The van der Waals surface area contributed by atoms with Gasteiger partial charge in [-0.3, -0.25) is 14.5 Å². The number of phenolic OH excluding ortho intramolecular Hbond substituents is 1. The van der Waals surface area contributed by atoms with Crippen molar-refractivity contribution < 1.29 is 19.4 Å². The van der Waals surface area contributed by atoms with Crippen LogP contribution in [0.2, 0.25) is 0 Å². The summed E-state index contributed by atoms with van der Waals surface area (Å²) in [4.78, 5) is 26.3. The highest BCUT2D eigenvalue weighted by Crippen LogP contribution is 2.34. The van der Waals surface area contributed by atoms with Crippen molar-refractivity contribution in [2.24, 2.45) is 0 Å². The van der Waals surface area contributed by atoms with Gasteiger partial charge in [0.1, 0.15) is 0 Å². The predicted molar refractivity (Wildman–Crippen MR) is 105 cm³/mol. The number of halogens is 1. The van der Waals surface area contributed by atoms with Crippen molar-refractivity contribution in [3.05, 3.63) is 62.1 Å². The monoisotopic (exact) mass is 467 g/mol. The minimum Gasteiger partial charge on any atom is -0.504 e. The number of thioether (sulfide) groups is 1. The first kappa shape index (κ1) is 17.8. The topological polar surface area (TPSA) is 66.8 Å². The Morgan fingerprint density at radius 2 is 1.92 bits per heavy atom. The molecule has 1 aliphatic heterocycles. The minimum atomic E-state index is -0.330. The Morgan fingerprint density at radius 1 is 1.20 bits per heavy atom. The molecule has 128 valence electrons. The average Bonchev–Trinajstić information content (AvgIpc) is 2.84. The fourth-order valence-electron chi connectivity index (χ4n) is 2.36. The molecule has 1 fully saturated rings. The molecule has 1 N–H and O–H groups in total. The molecule has 0 saturated carbocycles. The third kappa shape index (κ3) is 3.98. The van der Waals surface area contributed by atoms with E-state index in [-0.39, 0.29) is 23.4 Å². The molecular formula is C18H14INO4S. The number of imide groups is 1. The largest absolute Gasteiger partial charge is 0.504 e. The Balaban J connectivity index is 1.80. The second-order valence-corrected chi connectivity index (χ2v) is 7.56. The van der Waals surface area contributed by atoms with Gasteiger partial charge < -0.3 is 9.84 Å². The number of amides is 2. The zero-order chi connectivity index (χ0) is 18.0. The molecule has 0 unspecified atom stereocenters. The Morgan fingerprint density at radius 3 is 2.56 bits per heavy atom. The number of nitrogens with zero attached hydrogens (tertiary/aromatic N) is 1. The predicted octanol–water partition coefficient (Wildman–Crippen LogP) is 4.24. The van der Waals surface area contributed by atoms with Crippen LogP contribution in [0.25, 0.3) is 6.08 Å². The normalized spacial score (nSPS) is 15.9. The fourth-order valence-corrected chi connectivity index (χ4v) is 3.55. The molecule has 5 nitrogen and oxygen atoms in total. The van der Waals surface area contributed by atoms with Gasteiger partial charge in [-0.1, -0.05) is 18.2 Å². The van der Waals surface area contributed by atoms with E-state index in [1.807, 2.05) is 24.3 Å². The zero-order valence-electron chi connectivity index (χ0n) is 13.2. The molecule has 1 saturated heterocycles. The van der Waals surface area contributed by atoms with E-state index < -0.39 is 0 Å². The van der Waals surface area contributed by atoms with Gasteiger partial charge in [0.2, 0.25) is 0 Å². The molecule has 0 radical (unpaired) electrons. The number of methoxy groups -OCH3 is 1. The number of carbonyl (C=O) groups is 2. The molecule has 0 bridgehead atoms. The van der Waals surface area contributed by atoms with Gasteiger partial charge in [-0.05, 0) is 75.8 Å². The molecule has 0 atom stereocenters. The summed E-state index contributed by atoms with van der Waals surface area (Å²) in [6.45, 7) is 0.243.